The Balaban J connectivity index is 2.16. The van der Waals surface area contributed by atoms with Crippen molar-refractivity contribution in [2.45, 2.75) is 65.5 Å². The van der Waals surface area contributed by atoms with Crippen LogP contribution in [0.3, 0.4) is 0 Å². The highest BCUT2D eigenvalue weighted by Gasteiger charge is 2.31. The summed E-state index contributed by atoms with van der Waals surface area (Å²) in [5, 5.41) is 2.98. The maximum atomic E-state index is 12.9. The van der Waals surface area contributed by atoms with E-state index in [-0.39, 0.29) is 23.4 Å². The summed E-state index contributed by atoms with van der Waals surface area (Å²) in [5.74, 6) is 0.602. The number of ether oxygens (including phenoxy) is 2. The standard InChI is InChI=1S/C23H30ClF2N3O3/c1-14(2)12-23(6,29-21(30)32-22(3,4)5)13-31-18-8-7-16(28-19(18)24)15-9-10-27-17(11-15)20(25)26/h7-11,14,20H,12-13H2,1-6H3,(H,29,30). The monoisotopic (exact) mass is 469 g/mol. The lowest BCUT2D eigenvalue weighted by Gasteiger charge is -2.33. The van der Waals surface area contributed by atoms with Gasteiger partial charge in [0.25, 0.3) is 6.43 Å². The number of nitrogens with zero attached hydrogens (tertiary/aromatic N) is 2. The Kier molecular flexibility index (Phi) is 8.40. The van der Waals surface area contributed by atoms with Crippen LogP contribution in [-0.2, 0) is 4.74 Å². The van der Waals surface area contributed by atoms with Crippen LogP contribution < -0.4 is 10.1 Å². The van der Waals surface area contributed by atoms with Crippen LogP contribution in [0, 0.1) is 5.92 Å². The Morgan fingerprint density at radius 2 is 1.88 bits per heavy atom. The number of carbonyl (C=O) groups is 1. The van der Waals surface area contributed by atoms with Gasteiger partial charge in [0.2, 0.25) is 0 Å². The molecule has 0 aliphatic carbocycles. The molecule has 1 atom stereocenters. The van der Waals surface area contributed by atoms with Crippen LogP contribution in [0.5, 0.6) is 5.75 Å². The lowest BCUT2D eigenvalue weighted by atomic mass is 9.91. The molecule has 0 aliphatic rings. The van der Waals surface area contributed by atoms with Crippen molar-refractivity contribution < 1.29 is 23.0 Å². The summed E-state index contributed by atoms with van der Waals surface area (Å²) in [6.45, 7) is 11.5. The summed E-state index contributed by atoms with van der Waals surface area (Å²) in [5.41, 5.74) is -0.776. The molecule has 0 fully saturated rings. The van der Waals surface area contributed by atoms with Gasteiger partial charge in [0.1, 0.15) is 17.9 Å². The van der Waals surface area contributed by atoms with Crippen LogP contribution in [0.2, 0.25) is 5.15 Å². The molecule has 0 bridgehead atoms. The van der Waals surface area contributed by atoms with Crippen LogP contribution >= 0.6 is 11.6 Å². The third-order valence-corrected chi connectivity index (χ3v) is 4.59. The average Bonchev–Trinajstić information content (AvgIpc) is 2.64. The van der Waals surface area contributed by atoms with Gasteiger partial charge in [-0.05, 0) is 64.3 Å². The Labute approximate surface area is 192 Å². The quantitative estimate of drug-likeness (QED) is 0.450. The molecule has 0 aromatic carbocycles. The molecular formula is C23H30ClF2N3O3. The van der Waals surface area contributed by atoms with Crippen molar-refractivity contribution in [2.24, 2.45) is 5.92 Å². The van der Waals surface area contributed by atoms with E-state index in [1.807, 2.05) is 20.8 Å². The maximum Gasteiger partial charge on any atom is 0.408 e. The van der Waals surface area contributed by atoms with Gasteiger partial charge in [-0.25, -0.2) is 18.6 Å². The predicted molar refractivity (Wildman–Crippen MR) is 120 cm³/mol. The second kappa shape index (κ2) is 10.4. The van der Waals surface area contributed by atoms with Crippen molar-refractivity contribution in [3.8, 4) is 17.0 Å². The summed E-state index contributed by atoms with van der Waals surface area (Å²) in [6, 6.07) is 6.10. The van der Waals surface area contributed by atoms with Crippen LogP contribution in [0.4, 0.5) is 13.6 Å². The number of aromatic nitrogens is 2. The molecule has 0 spiro atoms. The molecule has 6 nitrogen and oxygen atoms in total. The topological polar surface area (TPSA) is 73.3 Å². The number of carbonyl (C=O) groups excluding carboxylic acids is 1. The first-order chi connectivity index (χ1) is 14.8. The number of halogens is 3. The van der Waals surface area contributed by atoms with Gasteiger partial charge in [-0.1, -0.05) is 25.4 Å². The number of hydrogen-bond acceptors (Lipinski definition) is 5. The minimum absolute atomic E-state index is 0.0853. The summed E-state index contributed by atoms with van der Waals surface area (Å²) in [7, 11) is 0. The van der Waals surface area contributed by atoms with E-state index in [0.29, 0.717) is 23.4 Å². The van der Waals surface area contributed by atoms with E-state index in [4.69, 9.17) is 21.1 Å². The molecule has 0 saturated heterocycles. The van der Waals surface area contributed by atoms with Gasteiger partial charge in [0, 0.05) is 11.8 Å². The van der Waals surface area contributed by atoms with E-state index in [1.165, 1.54) is 12.3 Å². The molecule has 176 valence electrons. The molecule has 9 heteroatoms. The molecule has 1 N–H and O–H groups in total. The molecule has 2 heterocycles. The Hall–Kier alpha value is -2.48. The molecule has 1 amide bonds. The summed E-state index contributed by atoms with van der Waals surface area (Å²) >= 11 is 6.30. The second-order valence-corrected chi connectivity index (χ2v) is 9.69. The van der Waals surface area contributed by atoms with E-state index >= 15 is 0 Å². The van der Waals surface area contributed by atoms with Gasteiger partial charge in [0.05, 0.1) is 11.2 Å². The summed E-state index contributed by atoms with van der Waals surface area (Å²) < 4.78 is 37.1. The first kappa shape index (κ1) is 25.8. The molecule has 1 unspecified atom stereocenters. The highest BCUT2D eigenvalue weighted by atomic mass is 35.5. The second-order valence-electron chi connectivity index (χ2n) is 9.33. The number of nitrogens with one attached hydrogen (secondary N) is 1. The van der Waals surface area contributed by atoms with Crippen molar-refractivity contribution in [1.29, 1.82) is 0 Å². The normalized spacial score (nSPS) is 13.7. The minimum atomic E-state index is -2.68. The van der Waals surface area contributed by atoms with Crippen molar-refractivity contribution >= 4 is 17.7 Å². The first-order valence-electron chi connectivity index (χ1n) is 10.3. The third-order valence-electron chi connectivity index (χ3n) is 4.32. The molecule has 32 heavy (non-hydrogen) atoms. The van der Waals surface area contributed by atoms with Gasteiger partial charge >= 0.3 is 6.09 Å². The Morgan fingerprint density at radius 3 is 2.44 bits per heavy atom. The van der Waals surface area contributed by atoms with Gasteiger partial charge in [-0.2, -0.15) is 0 Å². The van der Waals surface area contributed by atoms with E-state index in [9.17, 15) is 13.6 Å². The molecule has 2 rings (SSSR count). The fraction of sp³-hybridized carbons (Fsp3) is 0.522. The zero-order chi connectivity index (χ0) is 24.1. The number of amides is 1. The lowest BCUT2D eigenvalue weighted by Crippen LogP contribution is -2.52. The van der Waals surface area contributed by atoms with Crippen LogP contribution in [-0.4, -0.2) is 33.8 Å². The average molecular weight is 470 g/mol. The van der Waals surface area contributed by atoms with Crippen LogP contribution in [0.25, 0.3) is 11.3 Å². The number of alkyl halides is 2. The Bertz CT molecular complexity index is 935. The van der Waals surface area contributed by atoms with Crippen LogP contribution in [0.15, 0.2) is 30.5 Å². The SMILES string of the molecule is CC(C)CC(C)(COc1ccc(-c2ccnc(C(F)F)c2)nc1Cl)NC(=O)OC(C)(C)C. The zero-order valence-electron chi connectivity index (χ0n) is 19.2. The van der Waals surface area contributed by atoms with E-state index in [2.05, 4.69) is 15.3 Å². The number of rotatable bonds is 8. The molecule has 0 aliphatic heterocycles. The largest absolute Gasteiger partial charge is 0.488 e. The third kappa shape index (κ3) is 7.89. The van der Waals surface area contributed by atoms with Gasteiger partial charge in [-0.3, -0.25) is 4.98 Å². The number of alkyl carbamates (subject to hydrolysis) is 1. The molecule has 2 aromatic heterocycles. The minimum Gasteiger partial charge on any atom is -0.488 e. The summed E-state index contributed by atoms with van der Waals surface area (Å²) in [6.07, 6.45) is -1.26. The smallest absolute Gasteiger partial charge is 0.408 e. The fourth-order valence-electron chi connectivity index (χ4n) is 3.25. The van der Waals surface area contributed by atoms with E-state index in [1.54, 1.807) is 39.0 Å². The van der Waals surface area contributed by atoms with Crippen molar-refractivity contribution in [3.05, 3.63) is 41.3 Å². The molecule has 0 saturated carbocycles. The first-order valence-corrected chi connectivity index (χ1v) is 10.7. The zero-order valence-corrected chi connectivity index (χ0v) is 20.0. The van der Waals surface area contributed by atoms with Gasteiger partial charge in [0.15, 0.2) is 10.9 Å². The van der Waals surface area contributed by atoms with E-state index < -0.39 is 23.7 Å². The highest BCUT2D eigenvalue weighted by molar-refractivity contribution is 6.31. The summed E-state index contributed by atoms with van der Waals surface area (Å²) in [4.78, 5) is 20.2. The number of pyridine rings is 2. The van der Waals surface area contributed by atoms with Gasteiger partial charge < -0.3 is 14.8 Å². The van der Waals surface area contributed by atoms with Crippen molar-refractivity contribution in [2.75, 3.05) is 6.61 Å². The van der Waals surface area contributed by atoms with Crippen molar-refractivity contribution in [1.82, 2.24) is 15.3 Å². The molecule has 0 radical (unpaired) electrons. The number of hydrogen-bond donors (Lipinski definition) is 1. The maximum absolute atomic E-state index is 12.9. The predicted octanol–water partition coefficient (Wildman–Crippen LogP) is 6.44. The van der Waals surface area contributed by atoms with Gasteiger partial charge in [-0.15, -0.1) is 0 Å². The lowest BCUT2D eigenvalue weighted by molar-refractivity contribution is 0.0408. The van der Waals surface area contributed by atoms with E-state index in [0.717, 1.165) is 0 Å². The Morgan fingerprint density at radius 1 is 1.19 bits per heavy atom. The van der Waals surface area contributed by atoms with Crippen LogP contribution in [0.1, 0.15) is 60.1 Å². The molecule has 2 aromatic rings. The fourth-order valence-corrected chi connectivity index (χ4v) is 3.46. The van der Waals surface area contributed by atoms with Crippen molar-refractivity contribution in [3.63, 3.8) is 0 Å². The molecular weight excluding hydrogens is 440 g/mol. The highest BCUT2D eigenvalue weighted by Crippen LogP contribution is 2.29.